The molecule has 5 heteroatoms. The van der Waals surface area contributed by atoms with Crippen molar-refractivity contribution in [2.75, 3.05) is 26.7 Å². The number of benzene rings is 1. The molecule has 1 saturated heterocycles. The maximum absolute atomic E-state index is 12.9. The van der Waals surface area contributed by atoms with Gasteiger partial charge in [-0.05, 0) is 26.8 Å². The zero-order chi connectivity index (χ0) is 17.0. The molecular formula is C18H26N2O3. The van der Waals surface area contributed by atoms with E-state index in [-0.39, 0.29) is 30.2 Å². The molecule has 0 N–H and O–H groups in total. The minimum absolute atomic E-state index is 0.0360. The molecule has 2 amide bonds. The molecule has 0 unspecified atom stereocenters. The molecule has 23 heavy (non-hydrogen) atoms. The number of carbonyl (C=O) groups excluding carboxylic acids is 2. The van der Waals surface area contributed by atoms with Crippen LogP contribution in [0.5, 0.6) is 5.75 Å². The Morgan fingerprint density at radius 1 is 1.26 bits per heavy atom. The quantitative estimate of drug-likeness (QED) is 0.809. The average molecular weight is 318 g/mol. The number of hydrogen-bond donors (Lipinski definition) is 0. The smallest absolute Gasteiger partial charge is 0.228 e. The molecule has 1 aromatic rings. The Kier molecular flexibility index (Phi) is 5.64. The number of rotatable bonds is 6. The summed E-state index contributed by atoms with van der Waals surface area (Å²) in [4.78, 5) is 28.9. The average Bonchev–Trinajstić information content (AvgIpc) is 2.91. The minimum Gasteiger partial charge on any atom is -0.496 e. The fourth-order valence-electron chi connectivity index (χ4n) is 3.45. The number of methoxy groups -OCH3 is 1. The van der Waals surface area contributed by atoms with Crippen LogP contribution in [0.3, 0.4) is 0 Å². The molecule has 1 heterocycles. The topological polar surface area (TPSA) is 49.9 Å². The molecule has 0 saturated carbocycles. The van der Waals surface area contributed by atoms with E-state index in [0.717, 1.165) is 11.3 Å². The first-order valence-corrected chi connectivity index (χ1v) is 8.30. The monoisotopic (exact) mass is 318 g/mol. The highest BCUT2D eigenvalue weighted by molar-refractivity contribution is 5.90. The number of carbonyl (C=O) groups is 2. The Bertz CT molecular complexity index is 569. The molecule has 1 aliphatic heterocycles. The van der Waals surface area contributed by atoms with Crippen LogP contribution in [-0.4, -0.2) is 48.4 Å². The van der Waals surface area contributed by atoms with Crippen molar-refractivity contribution in [3.63, 3.8) is 0 Å². The van der Waals surface area contributed by atoms with Gasteiger partial charge in [-0.25, -0.2) is 0 Å². The molecule has 0 aromatic heterocycles. The van der Waals surface area contributed by atoms with Gasteiger partial charge in [0.05, 0.1) is 19.1 Å². The highest BCUT2D eigenvalue weighted by Crippen LogP contribution is 2.42. The summed E-state index contributed by atoms with van der Waals surface area (Å²) in [6.07, 6.45) is 0.270. The second-order valence-electron chi connectivity index (χ2n) is 5.69. The third-order valence-corrected chi connectivity index (χ3v) is 4.62. The Hall–Kier alpha value is -2.04. The van der Waals surface area contributed by atoms with Crippen LogP contribution in [0.4, 0.5) is 0 Å². The number of hydrogen-bond acceptors (Lipinski definition) is 3. The number of nitrogens with zero attached hydrogens (tertiary/aromatic N) is 2. The van der Waals surface area contributed by atoms with Gasteiger partial charge in [-0.15, -0.1) is 0 Å². The summed E-state index contributed by atoms with van der Waals surface area (Å²) in [5.74, 6) is 0.464. The van der Waals surface area contributed by atoms with Gasteiger partial charge in [0.25, 0.3) is 0 Å². The van der Waals surface area contributed by atoms with Crippen LogP contribution in [0.15, 0.2) is 24.3 Å². The van der Waals surface area contributed by atoms with Crippen molar-refractivity contribution >= 4 is 11.8 Å². The molecule has 0 bridgehead atoms. The molecule has 1 fully saturated rings. The number of likely N-dealkylation sites (tertiary alicyclic amines) is 1. The largest absolute Gasteiger partial charge is 0.496 e. The van der Waals surface area contributed by atoms with Crippen molar-refractivity contribution in [3.8, 4) is 5.75 Å². The molecule has 2 atom stereocenters. The van der Waals surface area contributed by atoms with Gasteiger partial charge in [0.15, 0.2) is 0 Å². The van der Waals surface area contributed by atoms with Crippen molar-refractivity contribution in [2.24, 2.45) is 5.92 Å². The van der Waals surface area contributed by atoms with Crippen molar-refractivity contribution < 1.29 is 14.3 Å². The standard InChI is InChI=1S/C18H26N2O3/c1-5-19(6-2)18(22)14-12-16(21)20(7-3)17(14)13-10-8-9-11-15(13)23-4/h8-11,14,17H,5-7,12H2,1-4H3/t14-,17+/m1/s1. The zero-order valence-electron chi connectivity index (χ0n) is 14.4. The first-order chi connectivity index (χ1) is 11.1. The Morgan fingerprint density at radius 3 is 2.48 bits per heavy atom. The zero-order valence-corrected chi connectivity index (χ0v) is 14.4. The molecule has 1 aliphatic rings. The first kappa shape index (κ1) is 17.3. The van der Waals surface area contributed by atoms with E-state index < -0.39 is 0 Å². The van der Waals surface area contributed by atoms with Gasteiger partial charge in [0.2, 0.25) is 11.8 Å². The van der Waals surface area contributed by atoms with E-state index in [2.05, 4.69) is 0 Å². The highest BCUT2D eigenvalue weighted by atomic mass is 16.5. The fraction of sp³-hybridized carbons (Fsp3) is 0.556. The van der Waals surface area contributed by atoms with Crippen LogP contribution in [-0.2, 0) is 9.59 Å². The van der Waals surface area contributed by atoms with Crippen LogP contribution in [0, 0.1) is 5.92 Å². The molecule has 0 spiro atoms. The summed E-state index contributed by atoms with van der Waals surface area (Å²) in [7, 11) is 1.62. The number of amides is 2. The van der Waals surface area contributed by atoms with Crippen LogP contribution in [0.1, 0.15) is 38.8 Å². The van der Waals surface area contributed by atoms with E-state index in [1.54, 1.807) is 16.9 Å². The van der Waals surface area contributed by atoms with Gasteiger partial charge in [0.1, 0.15) is 5.75 Å². The SMILES string of the molecule is CCN(CC)C(=O)[C@@H]1CC(=O)N(CC)[C@H]1c1ccccc1OC. The van der Waals surface area contributed by atoms with E-state index in [0.29, 0.717) is 19.6 Å². The second kappa shape index (κ2) is 7.49. The van der Waals surface area contributed by atoms with Crippen LogP contribution in [0.2, 0.25) is 0 Å². The van der Waals surface area contributed by atoms with E-state index in [9.17, 15) is 9.59 Å². The van der Waals surface area contributed by atoms with Gasteiger partial charge >= 0.3 is 0 Å². The summed E-state index contributed by atoms with van der Waals surface area (Å²) in [6.45, 7) is 7.78. The Balaban J connectivity index is 2.45. The molecule has 1 aromatic carbocycles. The van der Waals surface area contributed by atoms with Crippen molar-refractivity contribution in [3.05, 3.63) is 29.8 Å². The lowest BCUT2D eigenvalue weighted by molar-refractivity contribution is -0.136. The van der Waals surface area contributed by atoms with Gasteiger partial charge in [0, 0.05) is 31.6 Å². The Labute approximate surface area is 138 Å². The normalized spacial score (nSPS) is 20.7. The van der Waals surface area contributed by atoms with Crippen molar-refractivity contribution in [1.82, 2.24) is 9.80 Å². The maximum Gasteiger partial charge on any atom is 0.228 e. The molecule has 5 nitrogen and oxygen atoms in total. The fourth-order valence-corrected chi connectivity index (χ4v) is 3.45. The number of para-hydroxylation sites is 1. The summed E-state index contributed by atoms with van der Waals surface area (Å²) in [5, 5.41) is 0. The van der Waals surface area contributed by atoms with E-state index >= 15 is 0 Å². The first-order valence-electron chi connectivity index (χ1n) is 8.30. The summed E-state index contributed by atoms with van der Waals surface area (Å²) in [5.41, 5.74) is 0.910. The lowest BCUT2D eigenvalue weighted by Gasteiger charge is -2.31. The summed E-state index contributed by atoms with van der Waals surface area (Å²) < 4.78 is 5.46. The van der Waals surface area contributed by atoms with Gasteiger partial charge in [-0.3, -0.25) is 9.59 Å². The number of ether oxygens (including phenoxy) is 1. The lowest BCUT2D eigenvalue weighted by Crippen LogP contribution is -2.39. The van der Waals surface area contributed by atoms with E-state index in [1.165, 1.54) is 0 Å². The van der Waals surface area contributed by atoms with E-state index in [1.807, 2.05) is 45.0 Å². The third-order valence-electron chi connectivity index (χ3n) is 4.62. The van der Waals surface area contributed by atoms with Crippen molar-refractivity contribution in [2.45, 2.75) is 33.2 Å². The maximum atomic E-state index is 12.9. The van der Waals surface area contributed by atoms with Crippen LogP contribution >= 0.6 is 0 Å². The third kappa shape index (κ3) is 3.19. The lowest BCUT2D eigenvalue weighted by atomic mass is 9.91. The predicted molar refractivity (Wildman–Crippen MR) is 89.2 cm³/mol. The van der Waals surface area contributed by atoms with E-state index in [4.69, 9.17) is 4.74 Å². The molecular weight excluding hydrogens is 292 g/mol. The second-order valence-corrected chi connectivity index (χ2v) is 5.69. The Morgan fingerprint density at radius 2 is 1.91 bits per heavy atom. The molecule has 0 radical (unpaired) electrons. The summed E-state index contributed by atoms with van der Waals surface area (Å²) in [6, 6.07) is 7.40. The molecule has 0 aliphatic carbocycles. The summed E-state index contributed by atoms with van der Waals surface area (Å²) >= 11 is 0. The highest BCUT2D eigenvalue weighted by Gasteiger charge is 2.45. The van der Waals surface area contributed by atoms with Crippen LogP contribution < -0.4 is 4.74 Å². The molecule has 126 valence electrons. The predicted octanol–water partition coefficient (Wildman–Crippen LogP) is 2.47. The van der Waals surface area contributed by atoms with Gasteiger partial charge < -0.3 is 14.5 Å². The van der Waals surface area contributed by atoms with Gasteiger partial charge in [-0.1, -0.05) is 18.2 Å². The molecule has 2 rings (SSSR count). The minimum atomic E-state index is -0.348. The van der Waals surface area contributed by atoms with Crippen LogP contribution in [0.25, 0.3) is 0 Å². The van der Waals surface area contributed by atoms with Crippen molar-refractivity contribution in [1.29, 1.82) is 0 Å². The van der Waals surface area contributed by atoms with Gasteiger partial charge in [-0.2, -0.15) is 0 Å².